The first-order valence-electron chi connectivity index (χ1n) is 27.3. The van der Waals surface area contributed by atoms with Gasteiger partial charge in [-0.3, -0.25) is 29.6 Å². The number of phenolic OH excluding ortho intramolecular Hbond substituents is 1. The summed E-state index contributed by atoms with van der Waals surface area (Å²) in [6.07, 6.45) is 18.4. The molecule has 3 amide bonds. The molecule has 3 atom stereocenters. The number of nitrogens with zero attached hydrogens (tertiary/aromatic N) is 8. The summed E-state index contributed by atoms with van der Waals surface area (Å²) >= 11 is 0. The van der Waals surface area contributed by atoms with Crippen LogP contribution in [-0.4, -0.2) is 142 Å². The first-order chi connectivity index (χ1) is 36.4. The van der Waals surface area contributed by atoms with Crippen molar-refractivity contribution in [1.82, 2.24) is 40.3 Å². The van der Waals surface area contributed by atoms with E-state index >= 15 is 8.78 Å². The Morgan fingerprint density at radius 3 is 2.28 bits per heavy atom. The van der Waals surface area contributed by atoms with E-state index in [-0.39, 0.29) is 57.7 Å². The number of phenols is 1. The van der Waals surface area contributed by atoms with E-state index in [0.717, 1.165) is 102 Å². The zero-order valence-corrected chi connectivity index (χ0v) is 42.8. The van der Waals surface area contributed by atoms with Gasteiger partial charge in [0.05, 0.1) is 10.9 Å². The molecule has 0 spiro atoms. The van der Waals surface area contributed by atoms with Crippen LogP contribution in [0.1, 0.15) is 99.0 Å². The Balaban J connectivity index is 0.616. The number of pyridine rings is 1. The quantitative estimate of drug-likeness (QED) is 0.0867. The molecule has 7 aliphatic rings. The fourth-order valence-corrected chi connectivity index (χ4v) is 13.5. The highest BCUT2D eigenvalue weighted by Crippen LogP contribution is 2.41. The normalized spacial score (nSPS) is 24.3. The van der Waals surface area contributed by atoms with Crippen molar-refractivity contribution in [3.8, 4) is 35.4 Å². The maximum absolute atomic E-state index is 17.0. The van der Waals surface area contributed by atoms with Crippen LogP contribution < -0.4 is 25.2 Å². The summed E-state index contributed by atoms with van der Waals surface area (Å²) in [5.41, 5.74) is 1.78. The number of hydrogen-bond acceptors (Lipinski definition) is 13. The fourth-order valence-electron chi connectivity index (χ4n) is 13.5. The van der Waals surface area contributed by atoms with Gasteiger partial charge in [0.15, 0.2) is 5.82 Å². The number of piperazine rings is 1. The van der Waals surface area contributed by atoms with E-state index in [9.17, 15) is 19.5 Å². The zero-order chi connectivity index (χ0) is 51.5. The zero-order valence-electron chi connectivity index (χ0n) is 42.8. The lowest BCUT2D eigenvalue weighted by Gasteiger charge is -2.39. The number of carbonyl (C=O) groups is 3. The van der Waals surface area contributed by atoms with Crippen molar-refractivity contribution in [2.24, 2.45) is 17.8 Å². The monoisotopic (exact) mass is 1020 g/mol. The van der Waals surface area contributed by atoms with Gasteiger partial charge in [0.1, 0.15) is 40.7 Å². The van der Waals surface area contributed by atoms with E-state index in [0.29, 0.717) is 85.3 Å². The standard InChI is InChI=1S/C58H66F2N10O5/c1-3-44-48(59)9-4-38-28-43(71)29-46(50(38)44)52-51(60)53-47(30-61-52)54(69-33-40-5-6-41(34-69)62-40)65-57(64-53)75-25-24-66-18-11-35(12-19-66)26-36-13-20-67(21-14-36)31-37-15-22-68(23-16-37)42-7-8-45-39(27-42)32-70(55(45)73)58(2)17-10-49(72)63-56(58)74/h1,4,7-9,27-30,35-37,40-41,62,71H,5-6,10-26,31-34H2,2H3,(H,63,72,74). The highest BCUT2D eigenvalue weighted by atomic mass is 19.1. The summed E-state index contributed by atoms with van der Waals surface area (Å²) in [4.78, 5) is 63.6. The number of ether oxygens (including phenoxy) is 1. The molecule has 3 N–H and O–H groups in total. The van der Waals surface area contributed by atoms with Crippen LogP contribution in [0.15, 0.2) is 48.7 Å². The van der Waals surface area contributed by atoms with Gasteiger partial charge in [0, 0.05) is 92.7 Å². The van der Waals surface area contributed by atoms with Crippen LogP contribution >= 0.6 is 0 Å². The van der Waals surface area contributed by atoms with E-state index in [1.807, 2.05) is 6.07 Å². The molecule has 3 aromatic carbocycles. The second-order valence-corrected chi connectivity index (χ2v) is 22.6. The molecule has 17 heteroatoms. The van der Waals surface area contributed by atoms with Crippen LogP contribution in [0.3, 0.4) is 0 Å². The van der Waals surface area contributed by atoms with Crippen molar-refractivity contribution in [2.75, 3.05) is 81.9 Å². The summed E-state index contributed by atoms with van der Waals surface area (Å²) in [7, 11) is 0. The van der Waals surface area contributed by atoms with Crippen LogP contribution in [0.2, 0.25) is 0 Å². The summed E-state index contributed by atoms with van der Waals surface area (Å²) in [5.74, 6) is 2.83. The SMILES string of the molecule is C#Cc1c(F)ccc2cc(O)cc(-c3ncc4c(N5CC6CCC(C5)N6)nc(OCCN5CCC(CC6CCN(CC7CCN(c8ccc9c(c8)CN(C8(C)CCC(=O)NC8=O)C9=O)CC7)CC6)CC5)nc4c3F)c12. The summed E-state index contributed by atoms with van der Waals surface area (Å²) < 4.78 is 38.4. The Bertz CT molecular complexity index is 3100. The lowest BCUT2D eigenvalue weighted by molar-refractivity contribution is -0.142. The van der Waals surface area contributed by atoms with Gasteiger partial charge in [-0.1, -0.05) is 12.0 Å². The van der Waals surface area contributed by atoms with E-state index in [1.54, 1.807) is 18.0 Å². The van der Waals surface area contributed by atoms with E-state index < -0.39 is 23.1 Å². The number of fused-ring (bicyclic) bond motifs is 5. The van der Waals surface area contributed by atoms with Crippen molar-refractivity contribution in [1.29, 1.82) is 0 Å². The third kappa shape index (κ3) is 9.63. The lowest BCUT2D eigenvalue weighted by atomic mass is 9.82. The topological polar surface area (TPSA) is 160 Å². The van der Waals surface area contributed by atoms with Gasteiger partial charge in [-0.15, -0.1) is 6.42 Å². The number of piperidine rings is 4. The molecule has 3 unspecified atom stereocenters. The van der Waals surface area contributed by atoms with E-state index in [1.165, 1.54) is 43.5 Å². The lowest BCUT2D eigenvalue weighted by Crippen LogP contribution is -2.61. The molecular weight excluding hydrogens is 955 g/mol. The number of hydrogen-bond donors (Lipinski definition) is 3. The number of terminal acetylenes is 1. The molecule has 2 bridgehead atoms. The number of carbonyl (C=O) groups excluding carboxylic acids is 3. The fraction of sp³-hybridized carbons (Fsp3) is 0.517. The van der Waals surface area contributed by atoms with Gasteiger partial charge in [-0.2, -0.15) is 9.97 Å². The summed E-state index contributed by atoms with van der Waals surface area (Å²) in [6, 6.07) is 12.4. The molecule has 75 heavy (non-hydrogen) atoms. The Hall–Kier alpha value is -6.48. The minimum atomic E-state index is -1.03. The van der Waals surface area contributed by atoms with Crippen LogP contribution in [0.5, 0.6) is 11.8 Å². The van der Waals surface area contributed by atoms with Crippen molar-refractivity contribution in [2.45, 2.75) is 102 Å². The molecule has 0 aliphatic carbocycles. The molecule has 0 saturated carbocycles. The average Bonchev–Trinajstić information content (AvgIpc) is 3.95. The van der Waals surface area contributed by atoms with Crippen LogP contribution in [-0.2, 0) is 16.1 Å². The van der Waals surface area contributed by atoms with E-state index in [4.69, 9.17) is 16.1 Å². The van der Waals surface area contributed by atoms with Gasteiger partial charge in [-0.05, 0) is 162 Å². The molecule has 6 fully saturated rings. The largest absolute Gasteiger partial charge is 0.508 e. The number of halogens is 2. The number of amides is 3. The maximum atomic E-state index is 17.0. The van der Waals surface area contributed by atoms with Gasteiger partial charge in [0.2, 0.25) is 5.91 Å². The molecule has 12 rings (SSSR count). The molecule has 392 valence electrons. The van der Waals surface area contributed by atoms with Gasteiger partial charge in [-0.25, -0.2) is 8.78 Å². The number of imide groups is 1. The van der Waals surface area contributed by atoms with Crippen LogP contribution in [0.25, 0.3) is 32.9 Å². The molecular formula is C58H66F2N10O5. The number of nitrogens with one attached hydrogen (secondary N) is 2. The van der Waals surface area contributed by atoms with Crippen LogP contribution in [0, 0.1) is 41.7 Å². The van der Waals surface area contributed by atoms with Gasteiger partial charge >= 0.3 is 6.01 Å². The first kappa shape index (κ1) is 49.4. The predicted molar refractivity (Wildman–Crippen MR) is 282 cm³/mol. The third-order valence-electron chi connectivity index (χ3n) is 17.9. The van der Waals surface area contributed by atoms with Gasteiger partial charge < -0.3 is 34.8 Å². The predicted octanol–water partition coefficient (Wildman–Crippen LogP) is 7.01. The van der Waals surface area contributed by atoms with Crippen molar-refractivity contribution < 1.29 is 33.0 Å². The van der Waals surface area contributed by atoms with E-state index in [2.05, 4.69) is 58.3 Å². The maximum Gasteiger partial charge on any atom is 0.319 e. The van der Waals surface area contributed by atoms with Crippen molar-refractivity contribution in [3.63, 3.8) is 0 Å². The van der Waals surface area contributed by atoms with Crippen molar-refractivity contribution in [3.05, 3.63) is 77.0 Å². The molecule has 7 aliphatic heterocycles. The second kappa shape index (κ2) is 20.2. The minimum absolute atomic E-state index is 0.0342. The molecule has 2 aromatic heterocycles. The molecule has 0 radical (unpaired) electrons. The smallest absolute Gasteiger partial charge is 0.319 e. The highest BCUT2D eigenvalue weighted by molar-refractivity contribution is 6.07. The number of benzene rings is 3. The Morgan fingerprint density at radius 2 is 1.56 bits per heavy atom. The van der Waals surface area contributed by atoms with Gasteiger partial charge in [0.25, 0.3) is 11.8 Å². The average molecular weight is 1020 g/mol. The molecule has 6 saturated heterocycles. The summed E-state index contributed by atoms with van der Waals surface area (Å²) in [6.45, 7) is 12.1. The number of aromatic hydroxyl groups is 1. The summed E-state index contributed by atoms with van der Waals surface area (Å²) in [5, 5.41) is 18.0. The second-order valence-electron chi connectivity index (χ2n) is 22.6. The highest BCUT2D eigenvalue weighted by Gasteiger charge is 2.48. The molecule has 5 aromatic rings. The van der Waals surface area contributed by atoms with Crippen LogP contribution in [0.4, 0.5) is 20.3 Å². The first-order valence-corrected chi connectivity index (χ1v) is 27.3. The Kier molecular flexibility index (Phi) is 13.3. The Morgan fingerprint density at radius 1 is 0.840 bits per heavy atom. The minimum Gasteiger partial charge on any atom is -0.508 e. The molecule has 15 nitrogen and oxygen atoms in total. The Labute approximate surface area is 436 Å². The number of aromatic nitrogens is 3. The number of anilines is 2. The third-order valence-corrected chi connectivity index (χ3v) is 17.9. The number of rotatable bonds is 12. The molecule has 9 heterocycles. The van der Waals surface area contributed by atoms with Crippen molar-refractivity contribution >= 4 is 50.9 Å². The number of likely N-dealkylation sites (tertiary alicyclic amines) is 2.